The minimum absolute atomic E-state index is 0. The molecule has 7 nitrogen and oxygen atoms in total. The fraction of sp³-hybridized carbons (Fsp3) is 0.556. The van der Waals surface area contributed by atoms with Crippen molar-refractivity contribution in [2.24, 2.45) is 4.99 Å². The quantitative estimate of drug-likeness (QED) is 0.373. The molecule has 1 fully saturated rings. The second kappa shape index (κ2) is 8.79. The zero-order chi connectivity index (χ0) is 17.9. The number of carbonyl (C=O) groups is 1. The molecular formula is C18H27IN4O3. The third-order valence-corrected chi connectivity index (χ3v) is 4.65. The summed E-state index contributed by atoms with van der Waals surface area (Å²) in [5, 5.41) is 6.57. The molecule has 0 bridgehead atoms. The van der Waals surface area contributed by atoms with Crippen molar-refractivity contribution in [2.45, 2.75) is 25.2 Å². The van der Waals surface area contributed by atoms with Gasteiger partial charge in [0.1, 0.15) is 6.54 Å². The van der Waals surface area contributed by atoms with Crippen LogP contribution in [0.2, 0.25) is 0 Å². The first-order chi connectivity index (χ1) is 12.0. The van der Waals surface area contributed by atoms with E-state index < -0.39 is 0 Å². The molecule has 0 aromatic heterocycles. The van der Waals surface area contributed by atoms with Crippen LogP contribution in [0, 0.1) is 0 Å². The van der Waals surface area contributed by atoms with E-state index in [0.29, 0.717) is 12.8 Å². The number of ether oxygens (including phenoxy) is 2. The number of halogens is 1. The maximum absolute atomic E-state index is 11.7. The SMILES string of the molecule is CCNC(=NCC(=O)N(C)C)NCC1(c2ccc3c(c2)OCO3)CC1.I. The molecule has 0 saturated heterocycles. The monoisotopic (exact) mass is 474 g/mol. The topological polar surface area (TPSA) is 75.2 Å². The van der Waals surface area contributed by atoms with Gasteiger partial charge in [0.15, 0.2) is 17.5 Å². The van der Waals surface area contributed by atoms with E-state index in [4.69, 9.17) is 9.47 Å². The van der Waals surface area contributed by atoms with Crippen LogP contribution in [0.4, 0.5) is 0 Å². The molecule has 8 heteroatoms. The third-order valence-electron chi connectivity index (χ3n) is 4.65. The highest BCUT2D eigenvalue weighted by molar-refractivity contribution is 14.0. The maximum atomic E-state index is 11.7. The van der Waals surface area contributed by atoms with Crippen molar-refractivity contribution in [3.8, 4) is 11.5 Å². The van der Waals surface area contributed by atoms with Crippen molar-refractivity contribution < 1.29 is 14.3 Å². The van der Waals surface area contributed by atoms with Gasteiger partial charge in [0.05, 0.1) is 0 Å². The van der Waals surface area contributed by atoms with Gasteiger partial charge in [-0.05, 0) is 37.5 Å². The number of guanidine groups is 1. The number of benzene rings is 1. The largest absolute Gasteiger partial charge is 0.454 e. The molecule has 0 radical (unpaired) electrons. The van der Waals surface area contributed by atoms with Crippen molar-refractivity contribution in [3.63, 3.8) is 0 Å². The van der Waals surface area contributed by atoms with Crippen LogP contribution in [0.15, 0.2) is 23.2 Å². The van der Waals surface area contributed by atoms with E-state index in [2.05, 4.69) is 27.8 Å². The van der Waals surface area contributed by atoms with E-state index in [1.54, 1.807) is 19.0 Å². The van der Waals surface area contributed by atoms with Crippen LogP contribution >= 0.6 is 24.0 Å². The van der Waals surface area contributed by atoms with Crippen molar-refractivity contribution in [1.82, 2.24) is 15.5 Å². The normalized spacial score (nSPS) is 16.5. The molecule has 1 aliphatic carbocycles. The van der Waals surface area contributed by atoms with Gasteiger partial charge < -0.3 is 25.0 Å². The van der Waals surface area contributed by atoms with Crippen LogP contribution in [0.1, 0.15) is 25.3 Å². The Morgan fingerprint density at radius 1 is 1.23 bits per heavy atom. The maximum Gasteiger partial charge on any atom is 0.243 e. The fourth-order valence-corrected chi connectivity index (χ4v) is 2.83. The highest BCUT2D eigenvalue weighted by Crippen LogP contribution is 2.49. The van der Waals surface area contributed by atoms with E-state index in [1.807, 2.05) is 13.0 Å². The minimum Gasteiger partial charge on any atom is -0.454 e. The molecule has 1 saturated carbocycles. The zero-order valence-electron chi connectivity index (χ0n) is 15.5. The lowest BCUT2D eigenvalue weighted by atomic mass is 9.95. The molecule has 2 aliphatic rings. The van der Waals surface area contributed by atoms with Crippen LogP contribution in [-0.2, 0) is 10.2 Å². The van der Waals surface area contributed by atoms with Crippen molar-refractivity contribution in [1.29, 1.82) is 0 Å². The summed E-state index contributed by atoms with van der Waals surface area (Å²) in [6, 6.07) is 6.17. The molecular weight excluding hydrogens is 447 g/mol. The standard InChI is InChI=1S/C18H26N4O3.HI/c1-4-19-17(20-10-16(23)22(2)3)21-11-18(7-8-18)13-5-6-14-15(9-13)25-12-24-14;/h5-6,9H,4,7-8,10-12H2,1-3H3,(H2,19,20,21);1H. The number of amides is 1. The van der Waals surface area contributed by atoms with Crippen LogP contribution in [0.3, 0.4) is 0 Å². The Morgan fingerprint density at radius 3 is 2.62 bits per heavy atom. The molecule has 1 aromatic carbocycles. The molecule has 1 aliphatic heterocycles. The number of carbonyl (C=O) groups excluding carboxylic acids is 1. The molecule has 0 atom stereocenters. The second-order valence-corrected chi connectivity index (χ2v) is 6.69. The summed E-state index contributed by atoms with van der Waals surface area (Å²) in [4.78, 5) is 17.7. The first-order valence-corrected chi connectivity index (χ1v) is 8.66. The van der Waals surface area contributed by atoms with E-state index in [1.165, 1.54) is 5.56 Å². The van der Waals surface area contributed by atoms with Gasteiger partial charge in [-0.2, -0.15) is 0 Å². The Kier molecular flexibility index (Phi) is 6.96. The predicted molar refractivity (Wildman–Crippen MR) is 112 cm³/mol. The molecule has 1 heterocycles. The summed E-state index contributed by atoms with van der Waals surface area (Å²) >= 11 is 0. The number of rotatable bonds is 6. The van der Waals surface area contributed by atoms with Crippen LogP contribution < -0.4 is 20.1 Å². The lowest BCUT2D eigenvalue weighted by Crippen LogP contribution is -2.42. The van der Waals surface area contributed by atoms with Crippen molar-refractivity contribution >= 4 is 35.8 Å². The molecule has 0 unspecified atom stereocenters. The highest BCUT2D eigenvalue weighted by Gasteiger charge is 2.44. The molecule has 1 amide bonds. The Bertz CT molecular complexity index is 674. The van der Waals surface area contributed by atoms with Gasteiger partial charge in [0.25, 0.3) is 0 Å². The van der Waals surface area contributed by atoms with Gasteiger partial charge in [-0.15, -0.1) is 24.0 Å². The summed E-state index contributed by atoms with van der Waals surface area (Å²) in [5.74, 6) is 2.28. The minimum atomic E-state index is -0.0193. The number of hydrogen-bond acceptors (Lipinski definition) is 4. The Balaban J connectivity index is 0.00000243. The molecule has 1 aromatic rings. The second-order valence-electron chi connectivity index (χ2n) is 6.69. The molecule has 144 valence electrons. The zero-order valence-corrected chi connectivity index (χ0v) is 17.8. The molecule has 0 spiro atoms. The third kappa shape index (κ3) is 4.72. The highest BCUT2D eigenvalue weighted by atomic mass is 127. The summed E-state index contributed by atoms with van der Waals surface area (Å²) in [6.45, 7) is 3.96. The van der Waals surface area contributed by atoms with Crippen molar-refractivity contribution in [2.75, 3.05) is 40.5 Å². The average molecular weight is 474 g/mol. The predicted octanol–water partition coefficient (Wildman–Crippen LogP) is 1.71. The number of nitrogens with one attached hydrogen (secondary N) is 2. The van der Waals surface area contributed by atoms with Gasteiger partial charge in [-0.25, -0.2) is 4.99 Å². The molecule has 26 heavy (non-hydrogen) atoms. The van der Waals surface area contributed by atoms with Crippen LogP contribution in [-0.4, -0.2) is 57.3 Å². The van der Waals surface area contributed by atoms with Crippen LogP contribution in [0.5, 0.6) is 11.5 Å². The fourth-order valence-electron chi connectivity index (χ4n) is 2.83. The van der Waals surface area contributed by atoms with E-state index in [9.17, 15) is 4.79 Å². The summed E-state index contributed by atoms with van der Waals surface area (Å²) in [6.07, 6.45) is 2.24. The van der Waals surface area contributed by atoms with E-state index in [0.717, 1.165) is 37.4 Å². The summed E-state index contributed by atoms with van der Waals surface area (Å²) < 4.78 is 10.9. The lowest BCUT2D eigenvalue weighted by molar-refractivity contribution is -0.127. The van der Waals surface area contributed by atoms with Gasteiger partial charge in [0, 0.05) is 32.6 Å². The van der Waals surface area contributed by atoms with Crippen molar-refractivity contribution in [3.05, 3.63) is 23.8 Å². The first kappa shape index (κ1) is 20.6. The number of nitrogens with zero attached hydrogens (tertiary/aromatic N) is 2. The number of fused-ring (bicyclic) bond motifs is 1. The Labute approximate surface area is 171 Å². The van der Waals surface area contributed by atoms with Gasteiger partial charge in [-0.3, -0.25) is 4.79 Å². The average Bonchev–Trinajstić information content (AvgIpc) is 3.25. The summed E-state index contributed by atoms with van der Waals surface area (Å²) in [5.41, 5.74) is 1.35. The summed E-state index contributed by atoms with van der Waals surface area (Å²) in [7, 11) is 3.47. The lowest BCUT2D eigenvalue weighted by Gasteiger charge is -2.19. The first-order valence-electron chi connectivity index (χ1n) is 8.66. The number of likely N-dealkylation sites (N-methyl/N-ethyl adjacent to an activating group) is 1. The smallest absolute Gasteiger partial charge is 0.243 e. The Hall–Kier alpha value is -1.71. The van der Waals surface area contributed by atoms with Gasteiger partial charge in [0.2, 0.25) is 12.7 Å². The van der Waals surface area contributed by atoms with Crippen LogP contribution in [0.25, 0.3) is 0 Å². The van der Waals surface area contributed by atoms with Gasteiger partial charge >= 0.3 is 0 Å². The van der Waals surface area contributed by atoms with E-state index in [-0.39, 0.29) is 41.8 Å². The number of hydrogen-bond donors (Lipinski definition) is 2. The Morgan fingerprint density at radius 2 is 1.96 bits per heavy atom. The van der Waals surface area contributed by atoms with Gasteiger partial charge in [-0.1, -0.05) is 6.07 Å². The molecule has 2 N–H and O–H groups in total. The number of aliphatic imine (C=N–C) groups is 1. The van der Waals surface area contributed by atoms with E-state index >= 15 is 0 Å². The molecule has 3 rings (SSSR count).